The van der Waals surface area contributed by atoms with Gasteiger partial charge in [-0.3, -0.25) is 9.00 Å². The van der Waals surface area contributed by atoms with Gasteiger partial charge in [0.25, 0.3) is 5.91 Å². The van der Waals surface area contributed by atoms with Crippen LogP contribution in [0.15, 0.2) is 42.6 Å². The molecule has 168 valence electrons. The summed E-state index contributed by atoms with van der Waals surface area (Å²) in [5.41, 5.74) is 0.372. The number of hydrogen-bond donors (Lipinski definition) is 0. The number of pyridine rings is 1. The molecule has 13 heteroatoms. The van der Waals surface area contributed by atoms with Gasteiger partial charge in [-0.15, -0.1) is 13.2 Å². The van der Waals surface area contributed by atoms with Crippen molar-refractivity contribution < 1.29 is 31.3 Å². The molecule has 0 saturated carbocycles. The first-order chi connectivity index (χ1) is 15.1. The molecule has 1 amide bonds. The van der Waals surface area contributed by atoms with E-state index >= 15 is 0 Å². The van der Waals surface area contributed by atoms with Gasteiger partial charge in [0.05, 0.1) is 17.3 Å². The fraction of sp³-hybridized carbons (Fsp3) is 0.211. The number of ether oxygens (including phenoxy) is 1. The molecule has 1 aliphatic heterocycles. The van der Waals surface area contributed by atoms with Crippen molar-refractivity contribution in [1.29, 1.82) is 0 Å². The van der Waals surface area contributed by atoms with Gasteiger partial charge in [0.1, 0.15) is 16.7 Å². The average molecular weight is 489 g/mol. The third-order valence-corrected chi connectivity index (χ3v) is 5.90. The van der Waals surface area contributed by atoms with Gasteiger partial charge in [0, 0.05) is 47.0 Å². The standard InChI is InChI=1S/C19H13ClF4N4O3S/c20-17-8-13(1-2-25-17)28-16(9-15(26-28)18(29)27-3-4-32(30)10-27)11-5-12(21)7-14(6-11)31-19(22,23)24/h1-2,5-9H,3-4,10H2. The number of halogens is 5. The molecular weight excluding hydrogens is 476 g/mol. The van der Waals surface area contributed by atoms with E-state index in [1.807, 2.05) is 0 Å². The van der Waals surface area contributed by atoms with E-state index < -0.39 is 34.6 Å². The Hall–Kier alpha value is -2.99. The number of nitrogens with zero attached hydrogens (tertiary/aromatic N) is 4. The monoisotopic (exact) mass is 488 g/mol. The molecule has 3 heterocycles. The SMILES string of the molecule is O=C(c1cc(-c2cc(F)cc(OC(F)(F)F)c2)n(-c2ccnc(Cl)c2)n1)N1CCS(=O)C1. The molecule has 7 nitrogen and oxygen atoms in total. The summed E-state index contributed by atoms with van der Waals surface area (Å²) < 4.78 is 68.8. The van der Waals surface area contributed by atoms with Crippen molar-refractivity contribution in [3.8, 4) is 22.7 Å². The van der Waals surface area contributed by atoms with Gasteiger partial charge in [-0.05, 0) is 24.3 Å². The Morgan fingerprint density at radius 1 is 1.19 bits per heavy atom. The number of benzene rings is 1. The predicted molar refractivity (Wildman–Crippen MR) is 107 cm³/mol. The second-order valence-corrected chi connectivity index (χ2v) is 8.66. The van der Waals surface area contributed by atoms with Gasteiger partial charge in [-0.2, -0.15) is 5.10 Å². The first-order valence-corrected chi connectivity index (χ1v) is 10.9. The van der Waals surface area contributed by atoms with Crippen LogP contribution in [0.3, 0.4) is 0 Å². The third kappa shape index (κ3) is 4.91. The van der Waals surface area contributed by atoms with E-state index in [0.717, 1.165) is 12.1 Å². The summed E-state index contributed by atoms with van der Waals surface area (Å²) in [6.07, 6.45) is -3.64. The quantitative estimate of drug-likeness (QED) is 0.412. The van der Waals surface area contributed by atoms with E-state index in [4.69, 9.17) is 11.6 Å². The summed E-state index contributed by atoms with van der Waals surface area (Å²) in [6, 6.07) is 6.79. The number of carbonyl (C=O) groups is 1. The summed E-state index contributed by atoms with van der Waals surface area (Å²) in [5.74, 6) is -1.88. The minimum absolute atomic E-state index is 0.0197. The minimum Gasteiger partial charge on any atom is -0.406 e. The smallest absolute Gasteiger partial charge is 0.406 e. The highest BCUT2D eigenvalue weighted by Gasteiger charge is 2.32. The van der Waals surface area contributed by atoms with E-state index in [0.29, 0.717) is 17.5 Å². The first kappa shape index (κ1) is 22.2. The van der Waals surface area contributed by atoms with Crippen LogP contribution < -0.4 is 4.74 Å². The number of hydrogen-bond acceptors (Lipinski definition) is 5. The van der Waals surface area contributed by atoms with Gasteiger partial charge in [0.15, 0.2) is 5.69 Å². The number of alkyl halides is 3. The molecule has 1 aromatic carbocycles. The van der Waals surface area contributed by atoms with Crippen LogP contribution in [0.1, 0.15) is 10.5 Å². The average Bonchev–Trinajstić information content (AvgIpc) is 3.32. The summed E-state index contributed by atoms with van der Waals surface area (Å²) in [4.78, 5) is 18.1. The third-order valence-electron chi connectivity index (χ3n) is 4.46. The highest BCUT2D eigenvalue weighted by molar-refractivity contribution is 7.85. The summed E-state index contributed by atoms with van der Waals surface area (Å²) in [7, 11) is -1.16. The van der Waals surface area contributed by atoms with Crippen LogP contribution >= 0.6 is 11.6 Å². The summed E-state index contributed by atoms with van der Waals surface area (Å²) in [6.45, 7) is 0.276. The molecule has 3 aromatic rings. The van der Waals surface area contributed by atoms with Crippen LogP contribution in [-0.2, 0) is 10.8 Å². The van der Waals surface area contributed by atoms with E-state index in [1.165, 1.54) is 34.0 Å². The summed E-state index contributed by atoms with van der Waals surface area (Å²) in [5, 5.41) is 4.36. The van der Waals surface area contributed by atoms with Crippen LogP contribution in [0.25, 0.3) is 16.9 Å². The predicted octanol–water partition coefficient (Wildman–Crippen LogP) is 3.79. The molecule has 4 rings (SSSR count). The maximum absolute atomic E-state index is 14.1. The Kier molecular flexibility index (Phi) is 5.91. The maximum Gasteiger partial charge on any atom is 0.573 e. The van der Waals surface area contributed by atoms with Crippen LogP contribution in [0, 0.1) is 5.82 Å². The molecule has 0 bridgehead atoms. The van der Waals surface area contributed by atoms with Crippen molar-refractivity contribution in [2.24, 2.45) is 0 Å². The maximum atomic E-state index is 14.1. The second kappa shape index (κ2) is 8.51. The Morgan fingerprint density at radius 3 is 2.62 bits per heavy atom. The lowest BCUT2D eigenvalue weighted by molar-refractivity contribution is -0.274. The molecule has 1 aliphatic rings. The lowest BCUT2D eigenvalue weighted by atomic mass is 10.1. The Balaban J connectivity index is 1.82. The largest absolute Gasteiger partial charge is 0.573 e. The van der Waals surface area contributed by atoms with E-state index in [9.17, 15) is 26.6 Å². The minimum atomic E-state index is -5.02. The van der Waals surface area contributed by atoms with Crippen LogP contribution in [-0.4, -0.2) is 54.3 Å². The van der Waals surface area contributed by atoms with Gasteiger partial charge in [-0.25, -0.2) is 14.1 Å². The molecule has 1 unspecified atom stereocenters. The van der Waals surface area contributed by atoms with Gasteiger partial charge >= 0.3 is 6.36 Å². The van der Waals surface area contributed by atoms with Gasteiger partial charge in [-0.1, -0.05) is 11.6 Å². The zero-order valence-electron chi connectivity index (χ0n) is 16.0. The fourth-order valence-corrected chi connectivity index (χ4v) is 4.47. The van der Waals surface area contributed by atoms with Gasteiger partial charge < -0.3 is 9.64 Å². The molecule has 0 N–H and O–H groups in total. The van der Waals surface area contributed by atoms with Crippen molar-refractivity contribution in [1.82, 2.24) is 19.7 Å². The number of rotatable bonds is 4. The van der Waals surface area contributed by atoms with Crippen molar-refractivity contribution >= 4 is 28.3 Å². The Bertz CT molecular complexity index is 1220. The molecular formula is C19H13ClF4N4O3S. The zero-order valence-corrected chi connectivity index (χ0v) is 17.5. The highest BCUT2D eigenvalue weighted by Crippen LogP contribution is 2.31. The molecule has 0 aliphatic carbocycles. The summed E-state index contributed by atoms with van der Waals surface area (Å²) >= 11 is 5.94. The normalized spacial score (nSPS) is 16.4. The molecule has 1 atom stereocenters. The highest BCUT2D eigenvalue weighted by atomic mass is 35.5. The van der Waals surface area contributed by atoms with Crippen LogP contribution in [0.2, 0.25) is 5.15 Å². The molecule has 1 fully saturated rings. The van der Waals surface area contributed by atoms with Crippen molar-refractivity contribution in [3.05, 3.63) is 59.3 Å². The molecule has 2 aromatic heterocycles. The number of carbonyl (C=O) groups excluding carboxylic acids is 1. The molecule has 1 saturated heterocycles. The zero-order chi connectivity index (χ0) is 23.0. The topological polar surface area (TPSA) is 77.3 Å². The molecule has 32 heavy (non-hydrogen) atoms. The van der Waals surface area contributed by atoms with Gasteiger partial charge in [0.2, 0.25) is 0 Å². The number of amides is 1. The fourth-order valence-electron chi connectivity index (χ4n) is 3.15. The van der Waals surface area contributed by atoms with E-state index in [-0.39, 0.29) is 34.5 Å². The lowest BCUT2D eigenvalue weighted by Gasteiger charge is -2.12. The van der Waals surface area contributed by atoms with Crippen LogP contribution in [0.4, 0.5) is 17.6 Å². The van der Waals surface area contributed by atoms with Crippen molar-refractivity contribution in [2.45, 2.75) is 6.36 Å². The Labute approximate surface area is 186 Å². The number of aromatic nitrogens is 3. The van der Waals surface area contributed by atoms with Crippen LogP contribution in [0.5, 0.6) is 5.75 Å². The van der Waals surface area contributed by atoms with Crippen molar-refractivity contribution in [2.75, 3.05) is 18.2 Å². The lowest BCUT2D eigenvalue weighted by Crippen LogP contribution is -2.28. The van der Waals surface area contributed by atoms with E-state index in [1.54, 1.807) is 0 Å². The molecule has 0 radical (unpaired) electrons. The first-order valence-electron chi connectivity index (χ1n) is 9.02. The molecule has 0 spiro atoms. The Morgan fingerprint density at radius 2 is 1.97 bits per heavy atom. The second-order valence-electron chi connectivity index (χ2n) is 6.73. The van der Waals surface area contributed by atoms with E-state index in [2.05, 4.69) is 14.8 Å². The van der Waals surface area contributed by atoms with Crippen molar-refractivity contribution in [3.63, 3.8) is 0 Å².